The van der Waals surface area contributed by atoms with Gasteiger partial charge in [-0.3, -0.25) is 19.3 Å². The van der Waals surface area contributed by atoms with E-state index in [0.717, 1.165) is 31.4 Å². The molecule has 0 radical (unpaired) electrons. The number of aryl methyl sites for hydroxylation is 1. The molecule has 0 saturated carbocycles. The lowest BCUT2D eigenvalue weighted by molar-refractivity contribution is -0.138. The molecular formula is C18H24N2O3. The Morgan fingerprint density at radius 1 is 1.04 bits per heavy atom. The third-order valence-electron chi connectivity index (χ3n) is 4.09. The Hall–Kier alpha value is -2.17. The number of rotatable bonds is 8. The summed E-state index contributed by atoms with van der Waals surface area (Å²) >= 11 is 0. The first kappa shape index (κ1) is 17.2. The van der Waals surface area contributed by atoms with Crippen LogP contribution < -0.4 is 5.32 Å². The Morgan fingerprint density at radius 3 is 2.30 bits per heavy atom. The molecule has 1 heterocycles. The molecule has 0 spiro atoms. The average molecular weight is 316 g/mol. The summed E-state index contributed by atoms with van der Waals surface area (Å²) in [5.41, 5.74) is 2.06. The van der Waals surface area contributed by atoms with Gasteiger partial charge in [0.1, 0.15) is 0 Å². The smallest absolute Gasteiger partial charge is 0.229 e. The van der Waals surface area contributed by atoms with Gasteiger partial charge in [0.05, 0.1) is 0 Å². The fraction of sp³-hybridized carbons (Fsp3) is 0.500. The number of hydrogen-bond donors (Lipinski definition) is 1. The molecule has 5 heteroatoms. The van der Waals surface area contributed by atoms with Gasteiger partial charge in [0.15, 0.2) is 0 Å². The number of amides is 3. The molecule has 23 heavy (non-hydrogen) atoms. The monoisotopic (exact) mass is 316 g/mol. The number of nitrogens with one attached hydrogen (secondary N) is 1. The Morgan fingerprint density at radius 2 is 1.70 bits per heavy atom. The molecule has 1 aliphatic rings. The molecule has 1 aliphatic heterocycles. The van der Waals surface area contributed by atoms with E-state index in [9.17, 15) is 14.4 Å². The van der Waals surface area contributed by atoms with E-state index >= 15 is 0 Å². The van der Waals surface area contributed by atoms with Crippen LogP contribution in [0.3, 0.4) is 0 Å². The number of likely N-dealkylation sites (tertiary alicyclic amines) is 1. The lowest BCUT2D eigenvalue weighted by Gasteiger charge is -2.13. The zero-order valence-electron chi connectivity index (χ0n) is 13.6. The molecular weight excluding hydrogens is 292 g/mol. The second kappa shape index (κ2) is 8.46. The maximum absolute atomic E-state index is 11.9. The minimum absolute atomic E-state index is 0.00238. The molecule has 0 unspecified atom stereocenters. The zero-order chi connectivity index (χ0) is 16.7. The molecule has 0 bridgehead atoms. The Balaban J connectivity index is 1.61. The molecule has 1 N–H and O–H groups in total. The second-order valence-electron chi connectivity index (χ2n) is 5.85. The van der Waals surface area contributed by atoms with Crippen molar-refractivity contribution in [2.45, 2.75) is 51.9 Å². The Kier molecular flexibility index (Phi) is 6.32. The number of hydrogen-bond acceptors (Lipinski definition) is 3. The summed E-state index contributed by atoms with van der Waals surface area (Å²) in [5.74, 6) is -0.130. The maximum atomic E-state index is 11.9. The molecule has 1 saturated heterocycles. The summed E-state index contributed by atoms with van der Waals surface area (Å²) in [6.07, 6.45) is 4.48. The summed E-state index contributed by atoms with van der Waals surface area (Å²) in [7, 11) is 0. The van der Waals surface area contributed by atoms with Crippen molar-refractivity contribution in [2.24, 2.45) is 0 Å². The molecule has 2 rings (SSSR count). The predicted octanol–water partition coefficient (Wildman–Crippen LogP) is 2.90. The van der Waals surface area contributed by atoms with Gasteiger partial charge in [-0.05, 0) is 37.0 Å². The summed E-state index contributed by atoms with van der Waals surface area (Å²) in [5, 5.41) is 2.88. The highest BCUT2D eigenvalue weighted by Crippen LogP contribution is 2.14. The van der Waals surface area contributed by atoms with Crippen molar-refractivity contribution < 1.29 is 14.4 Å². The fourth-order valence-electron chi connectivity index (χ4n) is 2.65. The van der Waals surface area contributed by atoms with Gasteiger partial charge in [0.25, 0.3) is 0 Å². The lowest BCUT2D eigenvalue weighted by Crippen LogP contribution is -2.29. The lowest BCUT2D eigenvalue weighted by atomic mass is 10.1. The SMILES string of the molecule is CCc1ccc(NC(=O)CCCCCN2C(=O)CCC2=O)cc1. The average Bonchev–Trinajstić information content (AvgIpc) is 2.87. The van der Waals surface area contributed by atoms with Crippen molar-refractivity contribution in [1.82, 2.24) is 4.90 Å². The Bertz CT molecular complexity index is 550. The topological polar surface area (TPSA) is 66.5 Å². The number of imide groups is 1. The highest BCUT2D eigenvalue weighted by atomic mass is 16.2. The molecule has 124 valence electrons. The number of unbranched alkanes of at least 4 members (excludes halogenated alkanes) is 2. The van der Waals surface area contributed by atoms with Gasteiger partial charge in [-0.2, -0.15) is 0 Å². The summed E-state index contributed by atoms with van der Waals surface area (Å²) in [6, 6.07) is 7.86. The standard InChI is InChI=1S/C18H24N2O3/c1-2-14-7-9-15(10-8-14)19-16(21)6-4-3-5-13-20-17(22)11-12-18(20)23/h7-10H,2-6,11-13H2,1H3,(H,19,21). The Labute approximate surface area is 137 Å². The zero-order valence-corrected chi connectivity index (χ0v) is 13.6. The number of carbonyl (C=O) groups excluding carboxylic acids is 3. The molecule has 1 aromatic carbocycles. The summed E-state index contributed by atoms with van der Waals surface area (Å²) < 4.78 is 0. The first-order valence-corrected chi connectivity index (χ1v) is 8.32. The van der Waals surface area contributed by atoms with E-state index in [1.807, 2.05) is 24.3 Å². The van der Waals surface area contributed by atoms with Gasteiger partial charge in [0, 0.05) is 31.5 Å². The number of nitrogens with zero attached hydrogens (tertiary/aromatic N) is 1. The fourth-order valence-corrected chi connectivity index (χ4v) is 2.65. The molecule has 1 aromatic rings. The van der Waals surface area contributed by atoms with Gasteiger partial charge >= 0.3 is 0 Å². The normalized spacial score (nSPS) is 14.4. The van der Waals surface area contributed by atoms with Gasteiger partial charge in [-0.25, -0.2) is 0 Å². The largest absolute Gasteiger partial charge is 0.326 e. The minimum Gasteiger partial charge on any atom is -0.326 e. The van der Waals surface area contributed by atoms with Crippen molar-refractivity contribution in [1.29, 1.82) is 0 Å². The molecule has 5 nitrogen and oxygen atoms in total. The van der Waals surface area contributed by atoms with Gasteiger partial charge in [-0.1, -0.05) is 25.5 Å². The quantitative estimate of drug-likeness (QED) is 0.592. The van der Waals surface area contributed by atoms with E-state index in [1.54, 1.807) is 0 Å². The van der Waals surface area contributed by atoms with E-state index in [0.29, 0.717) is 25.8 Å². The highest BCUT2D eigenvalue weighted by Gasteiger charge is 2.27. The van der Waals surface area contributed by atoms with Crippen molar-refractivity contribution in [3.05, 3.63) is 29.8 Å². The van der Waals surface area contributed by atoms with Crippen LogP contribution in [0, 0.1) is 0 Å². The van der Waals surface area contributed by atoms with Gasteiger partial charge in [0.2, 0.25) is 17.7 Å². The first-order valence-electron chi connectivity index (χ1n) is 8.32. The molecule has 1 fully saturated rings. The minimum atomic E-state index is -0.0664. The molecule has 0 aliphatic carbocycles. The third-order valence-corrected chi connectivity index (χ3v) is 4.09. The number of carbonyl (C=O) groups is 3. The van der Waals surface area contributed by atoms with Crippen molar-refractivity contribution >= 4 is 23.4 Å². The van der Waals surface area contributed by atoms with Crippen LogP contribution >= 0.6 is 0 Å². The predicted molar refractivity (Wildman–Crippen MR) is 88.9 cm³/mol. The van der Waals surface area contributed by atoms with Crippen LogP contribution in [0.25, 0.3) is 0 Å². The third kappa shape index (κ3) is 5.20. The van der Waals surface area contributed by atoms with E-state index in [-0.39, 0.29) is 17.7 Å². The molecule has 0 aromatic heterocycles. The maximum Gasteiger partial charge on any atom is 0.229 e. The van der Waals surface area contributed by atoms with Crippen LogP contribution in [0.1, 0.15) is 51.0 Å². The van der Waals surface area contributed by atoms with Crippen LogP contribution in [-0.2, 0) is 20.8 Å². The van der Waals surface area contributed by atoms with Crippen molar-refractivity contribution in [3.8, 4) is 0 Å². The van der Waals surface area contributed by atoms with Crippen LogP contribution in [0.5, 0.6) is 0 Å². The van der Waals surface area contributed by atoms with E-state index in [4.69, 9.17) is 0 Å². The van der Waals surface area contributed by atoms with Gasteiger partial charge in [-0.15, -0.1) is 0 Å². The van der Waals surface area contributed by atoms with Crippen LogP contribution in [0.2, 0.25) is 0 Å². The number of anilines is 1. The summed E-state index contributed by atoms with van der Waals surface area (Å²) in [6.45, 7) is 2.58. The molecule has 0 atom stereocenters. The van der Waals surface area contributed by atoms with Crippen molar-refractivity contribution in [2.75, 3.05) is 11.9 Å². The van der Waals surface area contributed by atoms with E-state index < -0.39 is 0 Å². The number of benzene rings is 1. The van der Waals surface area contributed by atoms with Gasteiger partial charge < -0.3 is 5.32 Å². The highest BCUT2D eigenvalue weighted by molar-refractivity contribution is 6.01. The van der Waals surface area contributed by atoms with Crippen LogP contribution in [0.4, 0.5) is 5.69 Å². The van der Waals surface area contributed by atoms with E-state index in [2.05, 4.69) is 12.2 Å². The first-order chi connectivity index (χ1) is 11.1. The second-order valence-corrected chi connectivity index (χ2v) is 5.85. The van der Waals surface area contributed by atoms with Crippen molar-refractivity contribution in [3.63, 3.8) is 0 Å². The summed E-state index contributed by atoms with van der Waals surface area (Å²) in [4.78, 5) is 36.1. The molecule has 3 amide bonds. The van der Waals surface area contributed by atoms with Crippen LogP contribution in [-0.4, -0.2) is 29.2 Å². The van der Waals surface area contributed by atoms with E-state index in [1.165, 1.54) is 10.5 Å². The van der Waals surface area contributed by atoms with Crippen LogP contribution in [0.15, 0.2) is 24.3 Å².